The Morgan fingerprint density at radius 3 is 2.86 bits per heavy atom. The highest BCUT2D eigenvalue weighted by atomic mass is 16.6. The lowest BCUT2D eigenvalue weighted by Crippen LogP contribution is -2.08. The number of nitro groups is 1. The summed E-state index contributed by atoms with van der Waals surface area (Å²) in [7, 11) is 1.80. The molecule has 0 aliphatic carbocycles. The molecule has 2 N–H and O–H groups in total. The molecule has 21 heavy (non-hydrogen) atoms. The normalized spacial score (nSPS) is 10.3. The summed E-state index contributed by atoms with van der Waals surface area (Å²) in [6.07, 6.45) is 4.19. The van der Waals surface area contributed by atoms with Crippen molar-refractivity contribution in [2.24, 2.45) is 7.05 Å². The smallest absolute Gasteiger partial charge is 0.335 e. The molecule has 0 aliphatic rings. The standard InChI is InChI=1S/C13H14N4O4/c1-16-8-9(7-15-16)4-5-14-11-6-10(13(18)19)2-3-12(11)17(20)21/h2-3,6-8,14H,4-5H2,1H3,(H,18,19). The van der Waals surface area contributed by atoms with Crippen molar-refractivity contribution in [1.82, 2.24) is 9.78 Å². The van der Waals surface area contributed by atoms with E-state index < -0.39 is 10.9 Å². The van der Waals surface area contributed by atoms with E-state index in [1.54, 1.807) is 17.9 Å². The van der Waals surface area contributed by atoms with E-state index in [0.29, 0.717) is 13.0 Å². The summed E-state index contributed by atoms with van der Waals surface area (Å²) in [5.41, 5.74) is 1.04. The minimum absolute atomic E-state index is 0.00415. The predicted octanol–water partition coefficient (Wildman–Crippen LogP) is 1.68. The number of hydrogen-bond donors (Lipinski definition) is 2. The van der Waals surface area contributed by atoms with Gasteiger partial charge >= 0.3 is 5.97 Å². The topological polar surface area (TPSA) is 110 Å². The number of carboxylic acid groups (broad SMARTS) is 1. The van der Waals surface area contributed by atoms with E-state index in [2.05, 4.69) is 10.4 Å². The van der Waals surface area contributed by atoms with Gasteiger partial charge in [-0.3, -0.25) is 14.8 Å². The molecule has 0 radical (unpaired) electrons. The van der Waals surface area contributed by atoms with Crippen LogP contribution in [-0.2, 0) is 13.5 Å². The van der Waals surface area contributed by atoms with Gasteiger partial charge in [-0.2, -0.15) is 5.10 Å². The zero-order valence-corrected chi connectivity index (χ0v) is 11.3. The summed E-state index contributed by atoms with van der Waals surface area (Å²) in [5.74, 6) is -1.12. The first-order valence-electron chi connectivity index (χ1n) is 6.20. The van der Waals surface area contributed by atoms with E-state index in [4.69, 9.17) is 5.11 Å². The molecule has 0 saturated heterocycles. The van der Waals surface area contributed by atoms with Crippen LogP contribution in [-0.4, -0.2) is 32.3 Å². The Morgan fingerprint density at radius 1 is 1.52 bits per heavy atom. The van der Waals surface area contributed by atoms with Crippen molar-refractivity contribution in [2.75, 3.05) is 11.9 Å². The van der Waals surface area contributed by atoms with Crippen molar-refractivity contribution in [3.05, 3.63) is 51.8 Å². The fourth-order valence-corrected chi connectivity index (χ4v) is 1.91. The first-order chi connectivity index (χ1) is 9.97. The summed E-state index contributed by atoms with van der Waals surface area (Å²) in [4.78, 5) is 21.3. The van der Waals surface area contributed by atoms with Gasteiger partial charge < -0.3 is 10.4 Å². The first kappa shape index (κ1) is 14.5. The highest BCUT2D eigenvalue weighted by Gasteiger charge is 2.16. The Balaban J connectivity index is 2.11. The van der Waals surface area contributed by atoms with Crippen LogP contribution in [0.4, 0.5) is 11.4 Å². The predicted molar refractivity (Wildman–Crippen MR) is 75.5 cm³/mol. The van der Waals surface area contributed by atoms with Crippen LogP contribution in [0.1, 0.15) is 15.9 Å². The van der Waals surface area contributed by atoms with Crippen molar-refractivity contribution in [3.63, 3.8) is 0 Å². The van der Waals surface area contributed by atoms with Gasteiger partial charge in [-0.1, -0.05) is 0 Å². The number of hydrogen-bond acceptors (Lipinski definition) is 5. The molecule has 1 aromatic carbocycles. The summed E-state index contributed by atoms with van der Waals surface area (Å²) in [5, 5.41) is 26.8. The fourth-order valence-electron chi connectivity index (χ4n) is 1.91. The van der Waals surface area contributed by atoms with Crippen molar-refractivity contribution in [3.8, 4) is 0 Å². The number of nitrogens with one attached hydrogen (secondary N) is 1. The van der Waals surface area contributed by atoms with Crippen molar-refractivity contribution in [2.45, 2.75) is 6.42 Å². The molecule has 8 heteroatoms. The maximum atomic E-state index is 10.9. The molecule has 1 aromatic heterocycles. The lowest BCUT2D eigenvalue weighted by molar-refractivity contribution is -0.384. The van der Waals surface area contributed by atoms with Crippen molar-refractivity contribution in [1.29, 1.82) is 0 Å². The average molecular weight is 290 g/mol. The number of aromatic nitrogens is 2. The molecule has 0 atom stereocenters. The van der Waals surface area contributed by atoms with Gasteiger partial charge in [-0.25, -0.2) is 4.79 Å². The highest BCUT2D eigenvalue weighted by molar-refractivity contribution is 5.90. The van der Waals surface area contributed by atoms with Gasteiger partial charge in [-0.05, 0) is 24.1 Å². The molecule has 0 aliphatic heterocycles. The summed E-state index contributed by atoms with van der Waals surface area (Å²) in [6, 6.07) is 3.67. The molecule has 0 spiro atoms. The average Bonchev–Trinajstić information content (AvgIpc) is 2.84. The van der Waals surface area contributed by atoms with Crippen LogP contribution in [0.25, 0.3) is 0 Å². The summed E-state index contributed by atoms with van der Waals surface area (Å²) in [6.45, 7) is 0.440. The molecule has 0 bridgehead atoms. The lowest BCUT2D eigenvalue weighted by Gasteiger charge is -2.07. The van der Waals surface area contributed by atoms with Crippen LogP contribution in [0.3, 0.4) is 0 Å². The van der Waals surface area contributed by atoms with Gasteiger partial charge in [0.2, 0.25) is 0 Å². The number of anilines is 1. The molecular weight excluding hydrogens is 276 g/mol. The van der Waals surface area contributed by atoms with Crippen LogP contribution < -0.4 is 5.32 Å². The Bertz CT molecular complexity index is 681. The number of rotatable bonds is 6. The maximum Gasteiger partial charge on any atom is 0.335 e. The second-order valence-electron chi connectivity index (χ2n) is 4.49. The highest BCUT2D eigenvalue weighted by Crippen LogP contribution is 2.25. The molecule has 2 aromatic rings. The van der Waals surface area contributed by atoms with Gasteiger partial charge in [0, 0.05) is 25.9 Å². The van der Waals surface area contributed by atoms with Gasteiger partial charge in [0.25, 0.3) is 5.69 Å². The SMILES string of the molecule is Cn1cc(CCNc2cc(C(=O)O)ccc2[N+](=O)[O-])cn1. The van der Waals surface area contributed by atoms with Crippen molar-refractivity contribution < 1.29 is 14.8 Å². The van der Waals surface area contributed by atoms with Gasteiger partial charge in [-0.15, -0.1) is 0 Å². The van der Waals surface area contributed by atoms with Crippen LogP contribution in [0.2, 0.25) is 0 Å². The molecule has 1 heterocycles. The number of aryl methyl sites for hydroxylation is 1. The molecular formula is C13H14N4O4. The first-order valence-corrected chi connectivity index (χ1v) is 6.20. The van der Waals surface area contributed by atoms with Gasteiger partial charge in [0.15, 0.2) is 0 Å². The van der Waals surface area contributed by atoms with E-state index in [9.17, 15) is 14.9 Å². The third-order valence-electron chi connectivity index (χ3n) is 2.93. The van der Waals surface area contributed by atoms with E-state index in [-0.39, 0.29) is 16.9 Å². The monoisotopic (exact) mass is 290 g/mol. The number of benzene rings is 1. The summed E-state index contributed by atoms with van der Waals surface area (Å²) >= 11 is 0. The number of aromatic carboxylic acids is 1. The van der Waals surface area contributed by atoms with E-state index in [1.165, 1.54) is 18.2 Å². The molecule has 0 saturated carbocycles. The van der Waals surface area contributed by atoms with E-state index in [1.807, 2.05) is 6.20 Å². The third kappa shape index (κ3) is 3.56. The third-order valence-corrected chi connectivity index (χ3v) is 2.93. The molecule has 8 nitrogen and oxygen atoms in total. The molecule has 110 valence electrons. The van der Waals surface area contributed by atoms with Crippen LogP contribution in [0, 0.1) is 10.1 Å². The van der Waals surface area contributed by atoms with Gasteiger partial charge in [0.1, 0.15) is 5.69 Å². The minimum Gasteiger partial charge on any atom is -0.478 e. The zero-order valence-electron chi connectivity index (χ0n) is 11.3. The second-order valence-corrected chi connectivity index (χ2v) is 4.49. The Hall–Kier alpha value is -2.90. The Kier molecular flexibility index (Phi) is 4.17. The largest absolute Gasteiger partial charge is 0.478 e. The van der Waals surface area contributed by atoms with Gasteiger partial charge in [0.05, 0.1) is 16.7 Å². The Labute approximate surface area is 120 Å². The van der Waals surface area contributed by atoms with Crippen LogP contribution in [0.5, 0.6) is 0 Å². The number of nitro benzene ring substituents is 1. The minimum atomic E-state index is -1.12. The maximum absolute atomic E-state index is 10.9. The molecule has 0 fully saturated rings. The van der Waals surface area contributed by atoms with E-state index >= 15 is 0 Å². The number of carboxylic acids is 1. The fraction of sp³-hybridized carbons (Fsp3) is 0.231. The molecule has 0 unspecified atom stereocenters. The quantitative estimate of drug-likeness (QED) is 0.618. The zero-order chi connectivity index (χ0) is 15.4. The second kappa shape index (κ2) is 6.04. The number of carbonyl (C=O) groups is 1. The lowest BCUT2D eigenvalue weighted by atomic mass is 10.1. The number of nitrogens with zero attached hydrogens (tertiary/aromatic N) is 3. The van der Waals surface area contributed by atoms with E-state index in [0.717, 1.165) is 5.56 Å². The van der Waals surface area contributed by atoms with Crippen LogP contribution in [0.15, 0.2) is 30.6 Å². The molecule has 0 amide bonds. The molecule has 2 rings (SSSR count). The summed E-state index contributed by atoms with van der Waals surface area (Å²) < 4.78 is 1.67. The Morgan fingerprint density at radius 2 is 2.29 bits per heavy atom. The van der Waals surface area contributed by atoms with Crippen LogP contribution >= 0.6 is 0 Å². The van der Waals surface area contributed by atoms with Crippen molar-refractivity contribution >= 4 is 17.3 Å².